The molecule has 10 nitrogen and oxygen atoms in total. The molecule has 1 aliphatic heterocycles. The van der Waals surface area contributed by atoms with E-state index >= 15 is 0 Å². The lowest BCUT2D eigenvalue weighted by atomic mass is 9.98. The topological polar surface area (TPSA) is 146 Å². The Morgan fingerprint density at radius 1 is 0.763 bits per heavy atom. The van der Waals surface area contributed by atoms with Crippen molar-refractivity contribution in [3.05, 3.63) is 155 Å². The molecule has 1 fully saturated rings. The van der Waals surface area contributed by atoms with Crippen molar-refractivity contribution >= 4 is 23.2 Å². The van der Waals surface area contributed by atoms with Gasteiger partial charge in [0.05, 0.1) is 36.3 Å². The number of likely N-dealkylation sites (N-methyl/N-ethyl adjacent to an activating group) is 1. The lowest BCUT2D eigenvalue weighted by Crippen LogP contribution is -2.43. The lowest BCUT2D eigenvalue weighted by molar-refractivity contribution is -0.253. The van der Waals surface area contributed by atoms with Crippen LogP contribution in [0.2, 0.25) is 0 Å². The quantitative estimate of drug-likeness (QED) is 0.0413. The number of carbonyl (C=O) groups is 2. The number of benzene rings is 5. The highest BCUT2D eigenvalue weighted by Crippen LogP contribution is 2.39. The molecule has 0 bridgehead atoms. The van der Waals surface area contributed by atoms with Gasteiger partial charge in [0.2, 0.25) is 11.8 Å². The van der Waals surface area contributed by atoms with E-state index < -0.39 is 12.4 Å². The van der Waals surface area contributed by atoms with Gasteiger partial charge in [0.1, 0.15) is 0 Å². The Kier molecular flexibility index (Phi) is 15.8. The van der Waals surface area contributed by atoms with Gasteiger partial charge in [0, 0.05) is 44.0 Å². The number of carbonyl (C=O) groups excluding carboxylic acids is 2. The summed E-state index contributed by atoms with van der Waals surface area (Å²) >= 11 is 0. The smallest absolute Gasteiger partial charge is 0.224 e. The van der Waals surface area contributed by atoms with Gasteiger partial charge in [0.25, 0.3) is 0 Å². The molecule has 0 unspecified atom stereocenters. The molecule has 6 rings (SSSR count). The fourth-order valence-electron chi connectivity index (χ4n) is 7.42. The Balaban J connectivity index is 1.00. The zero-order valence-electron chi connectivity index (χ0n) is 34.1. The van der Waals surface area contributed by atoms with Crippen molar-refractivity contribution < 1.29 is 29.3 Å². The largest absolute Gasteiger partial charge is 0.397 e. The van der Waals surface area contributed by atoms with E-state index in [2.05, 4.69) is 39.8 Å². The van der Waals surface area contributed by atoms with Crippen LogP contribution in [0.15, 0.2) is 127 Å². The molecule has 0 radical (unpaired) electrons. The molecule has 5 atom stereocenters. The minimum atomic E-state index is -0.642. The van der Waals surface area contributed by atoms with Crippen LogP contribution in [0.1, 0.15) is 98.2 Å². The highest BCUT2D eigenvalue weighted by Gasteiger charge is 2.34. The van der Waals surface area contributed by atoms with E-state index in [0.717, 1.165) is 64.6 Å². The van der Waals surface area contributed by atoms with Crippen LogP contribution in [0.3, 0.4) is 0 Å². The molecule has 2 amide bonds. The molecule has 6 N–H and O–H groups in total. The minimum absolute atomic E-state index is 0.0125. The first-order chi connectivity index (χ1) is 28.7. The summed E-state index contributed by atoms with van der Waals surface area (Å²) in [5.41, 5.74) is 13.8. The van der Waals surface area contributed by atoms with Gasteiger partial charge in [-0.2, -0.15) is 0 Å². The van der Waals surface area contributed by atoms with Crippen molar-refractivity contribution in [2.75, 3.05) is 24.6 Å². The standard InChI is InChI=1S/C49H58N4O6/c1-34(48(57)39-14-6-5-7-15-39)53(2)32-42-30-45(38-23-21-35(33-54)22-24-38)59-49(58-42)40-27-25-37(26-28-40)41-16-12-13-36(29-41)31-51-46(55)19-8-3-4-9-20-47(56)52-44-18-11-10-17-43(44)50/h5-7,10-18,21-29,34,42,45,48-49,54,57H,3-4,8-9,19-20,30-33,50H2,1-2H3,(H,51,55)(H,52,56)/t34-,42+,45-,48-,49-/m0/s1. The summed E-state index contributed by atoms with van der Waals surface area (Å²) in [7, 11) is 2.02. The van der Waals surface area contributed by atoms with E-state index in [1.54, 1.807) is 12.1 Å². The van der Waals surface area contributed by atoms with Crippen LogP contribution in [0.25, 0.3) is 11.1 Å². The van der Waals surface area contributed by atoms with Crippen LogP contribution >= 0.6 is 0 Å². The zero-order valence-corrected chi connectivity index (χ0v) is 34.1. The number of rotatable bonds is 19. The fraction of sp³-hybridized carbons (Fsp3) is 0.347. The average Bonchev–Trinajstić information content (AvgIpc) is 3.27. The summed E-state index contributed by atoms with van der Waals surface area (Å²) in [6, 6.07) is 41.1. The molecule has 1 heterocycles. The van der Waals surface area contributed by atoms with Gasteiger partial charge in [0.15, 0.2) is 6.29 Å². The van der Waals surface area contributed by atoms with Gasteiger partial charge in [-0.25, -0.2) is 0 Å². The Morgan fingerprint density at radius 2 is 1.44 bits per heavy atom. The number of aliphatic hydroxyl groups is 2. The summed E-state index contributed by atoms with van der Waals surface area (Å²) in [6.07, 6.45) is 3.15. The van der Waals surface area contributed by atoms with E-state index in [1.807, 2.05) is 105 Å². The van der Waals surface area contributed by atoms with Crippen molar-refractivity contribution in [1.82, 2.24) is 10.2 Å². The van der Waals surface area contributed by atoms with Crippen LogP contribution in [0.4, 0.5) is 11.4 Å². The monoisotopic (exact) mass is 798 g/mol. The summed E-state index contributed by atoms with van der Waals surface area (Å²) in [4.78, 5) is 27.0. The number of nitrogens with zero attached hydrogens (tertiary/aromatic N) is 1. The van der Waals surface area contributed by atoms with Gasteiger partial charge < -0.3 is 36.1 Å². The first-order valence-electron chi connectivity index (χ1n) is 20.7. The Hall–Kier alpha value is -5.36. The highest BCUT2D eigenvalue weighted by molar-refractivity contribution is 5.93. The summed E-state index contributed by atoms with van der Waals surface area (Å²) in [5.74, 6) is -0.0411. The highest BCUT2D eigenvalue weighted by atomic mass is 16.7. The van der Waals surface area contributed by atoms with E-state index in [4.69, 9.17) is 15.2 Å². The normalized spacial score (nSPS) is 17.6. The molecule has 0 saturated carbocycles. The number of nitrogens with two attached hydrogens (primary N) is 1. The third kappa shape index (κ3) is 12.6. The number of nitrogen functional groups attached to an aromatic ring is 1. The van der Waals surface area contributed by atoms with Crippen LogP contribution < -0.4 is 16.4 Å². The first kappa shape index (κ1) is 43.2. The van der Waals surface area contributed by atoms with Gasteiger partial charge in [-0.3, -0.25) is 14.5 Å². The molecule has 5 aromatic carbocycles. The number of aliphatic hydroxyl groups excluding tert-OH is 2. The number of nitrogens with one attached hydrogen (secondary N) is 2. The lowest BCUT2D eigenvalue weighted by Gasteiger charge is -2.39. The molecule has 0 spiro atoms. The van der Waals surface area contributed by atoms with E-state index in [1.165, 1.54) is 0 Å². The summed E-state index contributed by atoms with van der Waals surface area (Å²) in [6.45, 7) is 3.05. The number of hydrogen-bond donors (Lipinski definition) is 5. The van der Waals surface area contributed by atoms with Crippen LogP contribution in [0.5, 0.6) is 0 Å². The maximum atomic E-state index is 12.6. The van der Waals surface area contributed by atoms with Gasteiger partial charge in [-0.15, -0.1) is 0 Å². The van der Waals surface area contributed by atoms with Crippen molar-refractivity contribution in [1.29, 1.82) is 0 Å². The summed E-state index contributed by atoms with van der Waals surface area (Å²) in [5, 5.41) is 26.7. The second kappa shape index (κ2) is 21.6. The zero-order chi connectivity index (χ0) is 41.6. The van der Waals surface area contributed by atoms with Gasteiger partial charge in [-0.1, -0.05) is 122 Å². The second-order valence-electron chi connectivity index (χ2n) is 15.5. The molecular weight excluding hydrogens is 741 g/mol. The average molecular weight is 799 g/mol. The number of anilines is 2. The predicted octanol–water partition coefficient (Wildman–Crippen LogP) is 8.62. The molecule has 310 valence electrons. The molecular formula is C49H58N4O6. The SMILES string of the molecule is C[C@@H]([C@H](O)c1ccccc1)N(C)C[C@H]1C[C@@H](c2ccc(CO)cc2)O[C@@H](c2ccc(-c3cccc(CNC(=O)CCCCCCC(=O)Nc4ccccc4N)c3)cc2)O1. The van der Waals surface area contributed by atoms with Crippen molar-refractivity contribution in [2.45, 2.75) is 95.7 Å². The molecule has 10 heteroatoms. The van der Waals surface area contributed by atoms with Crippen LogP contribution in [-0.2, 0) is 32.2 Å². The Labute approximate surface area is 348 Å². The van der Waals surface area contributed by atoms with Crippen molar-refractivity contribution in [2.24, 2.45) is 0 Å². The van der Waals surface area contributed by atoms with E-state index in [-0.39, 0.29) is 36.7 Å². The van der Waals surface area contributed by atoms with Crippen LogP contribution in [-0.4, -0.2) is 52.7 Å². The third-order valence-corrected chi connectivity index (χ3v) is 11.1. The third-order valence-electron chi connectivity index (χ3n) is 11.1. The van der Waals surface area contributed by atoms with E-state index in [9.17, 15) is 19.8 Å². The maximum Gasteiger partial charge on any atom is 0.224 e. The molecule has 1 saturated heterocycles. The van der Waals surface area contributed by atoms with Crippen molar-refractivity contribution in [3.63, 3.8) is 0 Å². The Bertz CT molecular complexity index is 2080. The van der Waals surface area contributed by atoms with Gasteiger partial charge >= 0.3 is 0 Å². The molecule has 1 aliphatic rings. The van der Waals surface area contributed by atoms with Gasteiger partial charge in [-0.05, 0) is 78.4 Å². The number of ether oxygens (including phenoxy) is 2. The number of para-hydroxylation sites is 2. The molecule has 0 aliphatic carbocycles. The number of unbranched alkanes of at least 4 members (excludes halogenated alkanes) is 3. The minimum Gasteiger partial charge on any atom is -0.397 e. The Morgan fingerprint density at radius 3 is 2.15 bits per heavy atom. The van der Waals surface area contributed by atoms with Crippen LogP contribution in [0, 0.1) is 0 Å². The van der Waals surface area contributed by atoms with Crippen molar-refractivity contribution in [3.8, 4) is 11.1 Å². The second-order valence-corrected chi connectivity index (χ2v) is 15.5. The molecule has 0 aromatic heterocycles. The number of amides is 2. The van der Waals surface area contributed by atoms with E-state index in [0.29, 0.717) is 43.7 Å². The first-order valence-corrected chi connectivity index (χ1v) is 20.7. The maximum absolute atomic E-state index is 12.6. The molecule has 59 heavy (non-hydrogen) atoms. The summed E-state index contributed by atoms with van der Waals surface area (Å²) < 4.78 is 13.2. The molecule has 5 aromatic rings. The fourth-order valence-corrected chi connectivity index (χ4v) is 7.42. The number of hydrogen-bond acceptors (Lipinski definition) is 8. The predicted molar refractivity (Wildman–Crippen MR) is 233 cm³/mol.